The minimum atomic E-state index is -0.470. The number of rotatable bonds is 3. The number of nitro groups is 1. The summed E-state index contributed by atoms with van der Waals surface area (Å²) in [6.45, 7) is 1.13. The first-order valence-electron chi connectivity index (χ1n) is 5.54. The molecule has 1 aliphatic heterocycles. The van der Waals surface area contributed by atoms with E-state index in [1.54, 1.807) is 12.1 Å². The van der Waals surface area contributed by atoms with Gasteiger partial charge in [0, 0.05) is 18.2 Å². The van der Waals surface area contributed by atoms with Crippen molar-refractivity contribution in [3.63, 3.8) is 0 Å². The Morgan fingerprint density at radius 1 is 1.50 bits per heavy atom. The number of hydroxylamine groups is 2. The average Bonchev–Trinajstić information content (AvgIpc) is 2.90. The summed E-state index contributed by atoms with van der Waals surface area (Å²) in [5, 5.41) is 11.9. The lowest BCUT2D eigenvalue weighted by atomic mass is 10.2. The normalized spacial score (nSPS) is 15.2. The molecule has 1 aliphatic rings. The van der Waals surface area contributed by atoms with E-state index in [0.29, 0.717) is 18.7 Å². The molecule has 1 aromatic rings. The molecule has 0 unspecified atom stereocenters. The van der Waals surface area contributed by atoms with Gasteiger partial charge >= 0.3 is 0 Å². The van der Waals surface area contributed by atoms with Crippen molar-refractivity contribution in [2.45, 2.75) is 6.42 Å². The summed E-state index contributed by atoms with van der Waals surface area (Å²) in [4.78, 5) is 26.8. The van der Waals surface area contributed by atoms with Gasteiger partial charge in [0.15, 0.2) is 0 Å². The molecule has 6 nitrogen and oxygen atoms in total. The molecule has 0 saturated carbocycles. The maximum atomic E-state index is 11.6. The Morgan fingerprint density at radius 3 is 3.00 bits per heavy atom. The Morgan fingerprint density at radius 2 is 2.33 bits per heavy atom. The average molecular weight is 248 g/mol. The van der Waals surface area contributed by atoms with Gasteiger partial charge in [0.05, 0.1) is 18.1 Å². The van der Waals surface area contributed by atoms with Gasteiger partial charge in [-0.25, -0.2) is 5.06 Å². The standard InChI is InChI=1S/C12H12N2O4/c15-12(13-7-2-8-18-13)6-5-10-3-1-4-11(9-10)14(16)17/h1,3-6,9H,2,7-8H2/b6-5+. The number of non-ortho nitro benzene ring substituents is 1. The van der Waals surface area contributed by atoms with Crippen LogP contribution in [0.25, 0.3) is 6.08 Å². The summed E-state index contributed by atoms with van der Waals surface area (Å²) in [7, 11) is 0. The Balaban J connectivity index is 2.06. The predicted octanol–water partition coefficient (Wildman–Crippen LogP) is 1.77. The maximum Gasteiger partial charge on any atom is 0.270 e. The minimum Gasteiger partial charge on any atom is -0.271 e. The fourth-order valence-electron chi connectivity index (χ4n) is 1.61. The maximum absolute atomic E-state index is 11.6. The zero-order valence-electron chi connectivity index (χ0n) is 9.61. The second kappa shape index (κ2) is 5.42. The van der Waals surface area contributed by atoms with Crippen LogP contribution in [-0.2, 0) is 9.63 Å². The smallest absolute Gasteiger partial charge is 0.270 e. The van der Waals surface area contributed by atoms with Crippen LogP contribution in [0.5, 0.6) is 0 Å². The van der Waals surface area contributed by atoms with Crippen molar-refractivity contribution >= 4 is 17.7 Å². The number of amides is 1. The molecule has 0 bridgehead atoms. The van der Waals surface area contributed by atoms with Gasteiger partial charge in [0.25, 0.3) is 11.6 Å². The lowest BCUT2D eigenvalue weighted by Gasteiger charge is -2.10. The van der Waals surface area contributed by atoms with Gasteiger partial charge in [-0.1, -0.05) is 12.1 Å². The van der Waals surface area contributed by atoms with E-state index < -0.39 is 4.92 Å². The highest BCUT2D eigenvalue weighted by atomic mass is 16.7. The van der Waals surface area contributed by atoms with E-state index in [-0.39, 0.29) is 11.6 Å². The molecule has 1 saturated heterocycles. The van der Waals surface area contributed by atoms with Crippen LogP contribution >= 0.6 is 0 Å². The molecule has 18 heavy (non-hydrogen) atoms. The topological polar surface area (TPSA) is 72.7 Å². The van der Waals surface area contributed by atoms with Crippen molar-refractivity contribution < 1.29 is 14.6 Å². The second-order valence-electron chi connectivity index (χ2n) is 3.81. The van der Waals surface area contributed by atoms with E-state index in [4.69, 9.17) is 4.84 Å². The molecule has 0 aliphatic carbocycles. The van der Waals surface area contributed by atoms with Gasteiger partial charge in [-0.15, -0.1) is 0 Å². The number of benzene rings is 1. The molecular weight excluding hydrogens is 236 g/mol. The summed E-state index contributed by atoms with van der Waals surface area (Å²) in [5.41, 5.74) is 0.610. The summed E-state index contributed by atoms with van der Waals surface area (Å²) >= 11 is 0. The third-order valence-electron chi connectivity index (χ3n) is 2.50. The van der Waals surface area contributed by atoms with Crippen molar-refractivity contribution in [2.24, 2.45) is 0 Å². The summed E-state index contributed by atoms with van der Waals surface area (Å²) in [5.74, 6) is -0.251. The molecular formula is C12H12N2O4. The van der Waals surface area contributed by atoms with Crippen LogP contribution in [0.3, 0.4) is 0 Å². The minimum absolute atomic E-state index is 0.00187. The molecule has 1 aromatic carbocycles. The number of carbonyl (C=O) groups is 1. The molecule has 1 heterocycles. The van der Waals surface area contributed by atoms with E-state index >= 15 is 0 Å². The van der Waals surface area contributed by atoms with Crippen molar-refractivity contribution in [3.8, 4) is 0 Å². The van der Waals surface area contributed by atoms with Crippen molar-refractivity contribution in [2.75, 3.05) is 13.2 Å². The first-order valence-corrected chi connectivity index (χ1v) is 5.54. The quantitative estimate of drug-likeness (QED) is 0.464. The first-order chi connectivity index (χ1) is 8.66. The summed E-state index contributed by atoms with van der Waals surface area (Å²) in [6, 6.07) is 6.09. The van der Waals surface area contributed by atoms with E-state index in [1.165, 1.54) is 29.3 Å². The third-order valence-corrected chi connectivity index (χ3v) is 2.50. The lowest BCUT2D eigenvalue weighted by Crippen LogP contribution is -2.24. The molecule has 0 N–H and O–H groups in total. The van der Waals surface area contributed by atoms with E-state index in [2.05, 4.69) is 0 Å². The van der Waals surface area contributed by atoms with E-state index in [0.717, 1.165) is 6.42 Å². The zero-order chi connectivity index (χ0) is 13.0. The van der Waals surface area contributed by atoms with Crippen LogP contribution in [0.1, 0.15) is 12.0 Å². The third kappa shape index (κ3) is 2.92. The van der Waals surface area contributed by atoms with Crippen LogP contribution in [0.4, 0.5) is 5.69 Å². The van der Waals surface area contributed by atoms with Gasteiger partial charge in [-0.3, -0.25) is 19.7 Å². The lowest BCUT2D eigenvalue weighted by molar-refractivity contribution is -0.384. The number of nitro benzene ring substituents is 1. The largest absolute Gasteiger partial charge is 0.271 e. The Kier molecular flexibility index (Phi) is 3.69. The van der Waals surface area contributed by atoms with Gasteiger partial charge in [0.1, 0.15) is 0 Å². The van der Waals surface area contributed by atoms with Crippen LogP contribution in [0, 0.1) is 10.1 Å². The van der Waals surface area contributed by atoms with Crippen molar-refractivity contribution in [1.82, 2.24) is 5.06 Å². The highest BCUT2D eigenvalue weighted by Crippen LogP contribution is 2.14. The Bertz CT molecular complexity index is 493. The predicted molar refractivity (Wildman–Crippen MR) is 64.4 cm³/mol. The van der Waals surface area contributed by atoms with Crippen molar-refractivity contribution in [1.29, 1.82) is 0 Å². The van der Waals surface area contributed by atoms with Crippen LogP contribution < -0.4 is 0 Å². The van der Waals surface area contributed by atoms with Crippen LogP contribution in [0.15, 0.2) is 30.3 Å². The Labute approximate surface area is 104 Å². The summed E-state index contributed by atoms with van der Waals surface area (Å²) < 4.78 is 0. The molecule has 0 aromatic heterocycles. The summed E-state index contributed by atoms with van der Waals surface area (Å²) in [6.07, 6.45) is 3.72. The monoisotopic (exact) mass is 248 g/mol. The number of hydrogen-bond donors (Lipinski definition) is 0. The van der Waals surface area contributed by atoms with Gasteiger partial charge < -0.3 is 0 Å². The highest BCUT2D eigenvalue weighted by molar-refractivity contribution is 5.91. The molecule has 1 fully saturated rings. The number of nitrogens with zero attached hydrogens (tertiary/aromatic N) is 2. The van der Waals surface area contributed by atoms with E-state index in [9.17, 15) is 14.9 Å². The molecule has 0 spiro atoms. The first kappa shape index (κ1) is 12.3. The fraction of sp³-hybridized carbons (Fsp3) is 0.250. The Hall–Kier alpha value is -2.21. The van der Waals surface area contributed by atoms with Crippen LogP contribution in [0.2, 0.25) is 0 Å². The molecule has 2 rings (SSSR count). The van der Waals surface area contributed by atoms with Gasteiger partial charge in [-0.2, -0.15) is 0 Å². The van der Waals surface area contributed by atoms with E-state index in [1.807, 2.05) is 0 Å². The van der Waals surface area contributed by atoms with Crippen LogP contribution in [-0.4, -0.2) is 29.0 Å². The number of carbonyl (C=O) groups excluding carboxylic acids is 1. The highest BCUT2D eigenvalue weighted by Gasteiger charge is 2.16. The SMILES string of the molecule is O=C(/C=C/c1cccc([N+](=O)[O-])c1)N1CCCO1. The molecule has 1 amide bonds. The zero-order valence-corrected chi connectivity index (χ0v) is 9.61. The second-order valence-corrected chi connectivity index (χ2v) is 3.81. The van der Waals surface area contributed by atoms with Gasteiger partial charge in [0.2, 0.25) is 0 Å². The molecule has 6 heteroatoms. The van der Waals surface area contributed by atoms with Gasteiger partial charge in [-0.05, 0) is 18.1 Å². The van der Waals surface area contributed by atoms with Crippen molar-refractivity contribution in [3.05, 3.63) is 46.0 Å². The molecule has 0 radical (unpaired) electrons. The number of hydrogen-bond acceptors (Lipinski definition) is 4. The molecule has 94 valence electrons. The fourth-order valence-corrected chi connectivity index (χ4v) is 1.61. The molecule has 0 atom stereocenters.